The fourth-order valence-electron chi connectivity index (χ4n) is 5.49. The number of hydrogen-bond acceptors (Lipinski definition) is 7. The lowest BCUT2D eigenvalue weighted by Gasteiger charge is -2.41. The van der Waals surface area contributed by atoms with E-state index in [-0.39, 0.29) is 23.7 Å². The first kappa shape index (κ1) is 22.2. The van der Waals surface area contributed by atoms with Crippen LogP contribution in [0, 0.1) is 5.95 Å². The number of halogens is 2. The Morgan fingerprint density at radius 1 is 1.06 bits per heavy atom. The number of nitrogens with one attached hydrogen (secondary N) is 1. The van der Waals surface area contributed by atoms with Crippen molar-refractivity contribution >= 4 is 5.82 Å². The lowest BCUT2D eigenvalue weighted by Crippen LogP contribution is -2.57. The Morgan fingerprint density at radius 2 is 1.91 bits per heavy atom. The van der Waals surface area contributed by atoms with E-state index >= 15 is 4.39 Å². The highest BCUT2D eigenvalue weighted by Crippen LogP contribution is 2.40. The van der Waals surface area contributed by atoms with Crippen LogP contribution in [0.3, 0.4) is 0 Å². The van der Waals surface area contributed by atoms with Crippen molar-refractivity contribution in [3.63, 3.8) is 0 Å². The Kier molecular flexibility index (Phi) is 5.51. The third-order valence-corrected chi connectivity index (χ3v) is 7.34. The van der Waals surface area contributed by atoms with Gasteiger partial charge in [0.15, 0.2) is 0 Å². The van der Waals surface area contributed by atoms with Crippen molar-refractivity contribution in [3.05, 3.63) is 48.7 Å². The van der Waals surface area contributed by atoms with Crippen molar-refractivity contribution in [3.8, 4) is 34.0 Å². The summed E-state index contributed by atoms with van der Waals surface area (Å²) in [6.07, 6.45) is 7.15. The molecule has 0 radical (unpaired) electrons. The molecular formula is C26H27F2N5O2. The van der Waals surface area contributed by atoms with Gasteiger partial charge in [-0.25, -0.2) is 9.37 Å². The van der Waals surface area contributed by atoms with Crippen LogP contribution in [0.15, 0.2) is 42.7 Å². The predicted octanol–water partition coefficient (Wildman–Crippen LogP) is 4.26. The summed E-state index contributed by atoms with van der Waals surface area (Å²) in [5, 5.41) is 14.1. The van der Waals surface area contributed by atoms with E-state index in [1.807, 2.05) is 0 Å². The van der Waals surface area contributed by atoms with E-state index in [1.165, 1.54) is 13.2 Å². The monoisotopic (exact) mass is 479 g/mol. The first-order valence-electron chi connectivity index (χ1n) is 12.1. The number of hydrogen-bond donors (Lipinski definition) is 2. The summed E-state index contributed by atoms with van der Waals surface area (Å²) in [6.45, 7) is 0. The molecule has 3 aromatic rings. The smallest absolute Gasteiger partial charge is 0.216 e. The summed E-state index contributed by atoms with van der Waals surface area (Å²) in [7, 11) is 1.42. The Morgan fingerprint density at radius 3 is 2.63 bits per heavy atom. The number of benzene rings is 1. The van der Waals surface area contributed by atoms with Gasteiger partial charge in [0.25, 0.3) is 0 Å². The fraction of sp³-hybridized carbons (Fsp3) is 0.423. The van der Waals surface area contributed by atoms with Crippen LogP contribution in [0.1, 0.15) is 32.1 Å². The Balaban J connectivity index is 1.26. The molecule has 2 aliphatic heterocycles. The van der Waals surface area contributed by atoms with Crippen LogP contribution in [0.4, 0.5) is 14.6 Å². The molecule has 35 heavy (non-hydrogen) atoms. The van der Waals surface area contributed by atoms with Gasteiger partial charge in [-0.15, -0.1) is 0 Å². The van der Waals surface area contributed by atoms with Gasteiger partial charge >= 0.3 is 0 Å². The number of alkyl halides is 1. The number of phenols is 1. The minimum absolute atomic E-state index is 0.00135. The molecule has 0 unspecified atom stereocenters. The van der Waals surface area contributed by atoms with E-state index < -0.39 is 12.1 Å². The number of nitrogens with zero attached hydrogens (tertiary/aromatic N) is 4. The first-order chi connectivity index (χ1) is 17.0. The van der Waals surface area contributed by atoms with Gasteiger partial charge < -0.3 is 20.1 Å². The molecule has 2 bridgehead atoms. The standard InChI is InChI=1S/C26H27F2N5O2/c1-35-25-10-15(9-23(27)32-25)14-2-6-18(22(34)8-14)20-12-30-24(13-29-20)33(17-4-5-17)21-11-16-3-7-19(31-16)26(21)28/h2,6,8-10,12-13,16-17,19,21,26,31,34H,3-5,7,11H2,1H3/t16-,19+,21-,26+/m0/s1. The number of pyridine rings is 1. The van der Waals surface area contributed by atoms with Crippen molar-refractivity contribution in [1.82, 2.24) is 20.3 Å². The molecule has 4 atom stereocenters. The third kappa shape index (κ3) is 4.18. The Labute approximate surface area is 202 Å². The molecule has 182 valence electrons. The van der Waals surface area contributed by atoms with Gasteiger partial charge in [0.05, 0.1) is 31.2 Å². The highest BCUT2D eigenvalue weighted by atomic mass is 19.1. The summed E-state index contributed by atoms with van der Waals surface area (Å²) in [6, 6.07) is 8.34. The van der Waals surface area contributed by atoms with Crippen molar-refractivity contribution in [2.45, 2.75) is 62.4 Å². The molecular weight excluding hydrogens is 452 g/mol. The van der Waals surface area contributed by atoms with Gasteiger partial charge in [0.2, 0.25) is 11.8 Å². The zero-order chi connectivity index (χ0) is 24.1. The van der Waals surface area contributed by atoms with Crippen molar-refractivity contribution < 1.29 is 18.6 Å². The largest absolute Gasteiger partial charge is 0.507 e. The average molecular weight is 480 g/mol. The number of aromatic hydroxyl groups is 1. The van der Waals surface area contributed by atoms with E-state index in [2.05, 4.69) is 25.2 Å². The van der Waals surface area contributed by atoms with E-state index in [0.717, 1.165) is 32.1 Å². The van der Waals surface area contributed by atoms with Crippen LogP contribution < -0.4 is 15.0 Å². The molecule has 1 aliphatic carbocycles. The summed E-state index contributed by atoms with van der Waals surface area (Å²) in [4.78, 5) is 15.0. The molecule has 4 heterocycles. The quantitative estimate of drug-likeness (QED) is 0.511. The molecule has 0 amide bonds. The molecule has 1 aromatic carbocycles. The van der Waals surface area contributed by atoms with E-state index in [9.17, 15) is 9.50 Å². The van der Waals surface area contributed by atoms with Gasteiger partial charge in [-0.1, -0.05) is 6.07 Å². The molecule has 3 aliphatic rings. The van der Waals surface area contributed by atoms with Gasteiger partial charge in [-0.3, -0.25) is 4.98 Å². The average Bonchev–Trinajstić information content (AvgIpc) is 3.62. The molecule has 2 saturated heterocycles. The van der Waals surface area contributed by atoms with Crippen molar-refractivity contribution in [2.24, 2.45) is 0 Å². The number of aromatic nitrogens is 3. The maximum atomic E-state index is 15.3. The minimum atomic E-state index is -0.927. The number of ether oxygens (including phenoxy) is 1. The summed E-state index contributed by atoms with van der Waals surface area (Å²) < 4.78 is 34.1. The van der Waals surface area contributed by atoms with Gasteiger partial charge in [0, 0.05) is 35.8 Å². The van der Waals surface area contributed by atoms with Crippen molar-refractivity contribution in [1.29, 1.82) is 0 Å². The number of methoxy groups -OCH3 is 1. The Hall–Kier alpha value is -3.33. The normalized spacial score (nSPS) is 25.5. The SMILES string of the molecule is COc1cc(-c2ccc(-c3cnc(N(C4CC4)[C@H]4C[C@@H]5CC[C@@H](N5)[C@H]4F)cn3)c(O)c2)cc(F)n1. The Bertz CT molecular complexity index is 1240. The number of anilines is 1. The second kappa shape index (κ2) is 8.71. The molecule has 6 rings (SSSR count). The second-order valence-electron chi connectivity index (χ2n) is 9.65. The summed E-state index contributed by atoms with van der Waals surface area (Å²) in [5.74, 6) is 0.170. The molecule has 7 nitrogen and oxygen atoms in total. The maximum absolute atomic E-state index is 15.3. The summed E-state index contributed by atoms with van der Waals surface area (Å²) in [5.41, 5.74) is 2.17. The van der Waals surface area contributed by atoms with Crippen LogP contribution in [-0.4, -0.2) is 57.5 Å². The van der Waals surface area contributed by atoms with Crippen LogP contribution in [-0.2, 0) is 0 Å². The highest BCUT2D eigenvalue weighted by molar-refractivity contribution is 5.74. The fourth-order valence-corrected chi connectivity index (χ4v) is 5.49. The van der Waals surface area contributed by atoms with Crippen LogP contribution in [0.25, 0.3) is 22.4 Å². The molecule has 9 heteroatoms. The maximum Gasteiger partial charge on any atom is 0.216 e. The molecule has 2 aromatic heterocycles. The van der Waals surface area contributed by atoms with Crippen molar-refractivity contribution in [2.75, 3.05) is 12.0 Å². The lowest BCUT2D eigenvalue weighted by atomic mass is 9.96. The number of rotatable bonds is 6. The third-order valence-electron chi connectivity index (χ3n) is 7.34. The zero-order valence-electron chi connectivity index (χ0n) is 19.4. The van der Waals surface area contributed by atoms with Gasteiger partial charge in [-0.05, 0) is 55.4 Å². The molecule has 3 fully saturated rings. The van der Waals surface area contributed by atoms with E-state index in [1.54, 1.807) is 36.7 Å². The van der Waals surface area contributed by atoms with Crippen LogP contribution >= 0.6 is 0 Å². The topological polar surface area (TPSA) is 83.4 Å². The van der Waals surface area contributed by atoms with Crippen LogP contribution in [0.2, 0.25) is 0 Å². The molecule has 1 saturated carbocycles. The molecule has 0 spiro atoms. The second-order valence-corrected chi connectivity index (χ2v) is 9.65. The zero-order valence-corrected chi connectivity index (χ0v) is 19.4. The van der Waals surface area contributed by atoms with E-state index in [4.69, 9.17) is 4.74 Å². The number of piperidine rings is 1. The minimum Gasteiger partial charge on any atom is -0.507 e. The number of phenolic OH excluding ortho intramolecular Hbond substituents is 1. The van der Waals surface area contributed by atoms with E-state index in [0.29, 0.717) is 40.3 Å². The summed E-state index contributed by atoms with van der Waals surface area (Å²) >= 11 is 0. The number of fused-ring (bicyclic) bond motifs is 2. The first-order valence-corrected chi connectivity index (χ1v) is 12.1. The molecule has 2 N–H and O–H groups in total. The highest BCUT2D eigenvalue weighted by Gasteiger charge is 2.48. The lowest BCUT2D eigenvalue weighted by molar-refractivity contribution is 0.171. The van der Waals surface area contributed by atoms with Crippen LogP contribution in [0.5, 0.6) is 11.6 Å². The van der Waals surface area contributed by atoms with Gasteiger partial charge in [-0.2, -0.15) is 9.37 Å². The van der Waals surface area contributed by atoms with Gasteiger partial charge in [0.1, 0.15) is 17.7 Å². The predicted molar refractivity (Wildman–Crippen MR) is 128 cm³/mol.